The van der Waals surface area contributed by atoms with E-state index in [2.05, 4.69) is 20.3 Å². The van der Waals surface area contributed by atoms with Gasteiger partial charge in [-0.3, -0.25) is 9.78 Å². The molecule has 0 aliphatic carbocycles. The van der Waals surface area contributed by atoms with Crippen LogP contribution in [0.15, 0.2) is 24.7 Å². The van der Waals surface area contributed by atoms with E-state index in [9.17, 15) is 4.79 Å². The molecule has 8 heteroatoms. The minimum atomic E-state index is -0.0284. The molecule has 1 saturated heterocycles. The molecule has 1 aliphatic heterocycles. The molecule has 2 aromatic rings. The highest BCUT2D eigenvalue weighted by atomic mass is 16.2. The van der Waals surface area contributed by atoms with Crippen molar-refractivity contribution >= 4 is 23.3 Å². The van der Waals surface area contributed by atoms with Crippen molar-refractivity contribution in [2.75, 3.05) is 30.3 Å². The number of piperazine rings is 1. The van der Waals surface area contributed by atoms with E-state index in [0.29, 0.717) is 41.7 Å². The van der Waals surface area contributed by atoms with Crippen molar-refractivity contribution in [2.24, 2.45) is 0 Å². The van der Waals surface area contributed by atoms with E-state index in [1.54, 1.807) is 31.6 Å². The van der Waals surface area contributed by atoms with Gasteiger partial charge in [-0.1, -0.05) is 0 Å². The van der Waals surface area contributed by atoms with Gasteiger partial charge in [-0.25, -0.2) is 9.97 Å². The Morgan fingerprint density at radius 2 is 2.22 bits per heavy atom. The SMILES string of the molecule is CC(=N)c1cc(-c2cncc(N3CCNC(=O)C3)n2)cnc1N. The maximum Gasteiger partial charge on any atom is 0.239 e. The number of hydrogen-bond donors (Lipinski definition) is 3. The van der Waals surface area contributed by atoms with Gasteiger partial charge in [-0.15, -0.1) is 0 Å². The zero-order valence-electron chi connectivity index (χ0n) is 12.7. The standard InChI is InChI=1S/C15H17N7O/c1-9(16)11-4-10(5-20-15(11)17)12-6-18-7-13(21-12)22-3-2-19-14(23)8-22/h4-7,16H,2-3,8H2,1H3,(H2,17,20)(H,19,23). The second-order valence-electron chi connectivity index (χ2n) is 5.32. The van der Waals surface area contributed by atoms with Gasteiger partial charge in [0.1, 0.15) is 11.6 Å². The molecule has 0 radical (unpaired) electrons. The van der Waals surface area contributed by atoms with Gasteiger partial charge >= 0.3 is 0 Å². The summed E-state index contributed by atoms with van der Waals surface area (Å²) in [7, 11) is 0. The van der Waals surface area contributed by atoms with Gasteiger partial charge in [-0.05, 0) is 13.0 Å². The first-order valence-electron chi connectivity index (χ1n) is 7.19. The third kappa shape index (κ3) is 3.10. The molecule has 0 aromatic carbocycles. The minimum Gasteiger partial charge on any atom is -0.383 e. The maximum atomic E-state index is 11.5. The van der Waals surface area contributed by atoms with Crippen molar-refractivity contribution in [3.05, 3.63) is 30.2 Å². The number of nitrogen functional groups attached to an aromatic ring is 1. The fraction of sp³-hybridized carbons (Fsp3) is 0.267. The van der Waals surface area contributed by atoms with E-state index in [4.69, 9.17) is 11.1 Å². The van der Waals surface area contributed by atoms with Crippen LogP contribution in [0.3, 0.4) is 0 Å². The lowest BCUT2D eigenvalue weighted by molar-refractivity contribution is -0.120. The number of aromatic nitrogens is 3. The molecule has 1 aliphatic rings. The number of amides is 1. The molecule has 2 aromatic heterocycles. The van der Waals surface area contributed by atoms with Gasteiger partial charge in [0.05, 0.1) is 24.6 Å². The van der Waals surface area contributed by atoms with E-state index < -0.39 is 0 Å². The zero-order chi connectivity index (χ0) is 16.4. The lowest BCUT2D eigenvalue weighted by Crippen LogP contribution is -2.48. The maximum absolute atomic E-state index is 11.5. The summed E-state index contributed by atoms with van der Waals surface area (Å²) in [5.41, 5.74) is 8.07. The van der Waals surface area contributed by atoms with Crippen molar-refractivity contribution in [1.82, 2.24) is 20.3 Å². The number of carbonyl (C=O) groups is 1. The largest absolute Gasteiger partial charge is 0.383 e. The van der Waals surface area contributed by atoms with Crippen LogP contribution in [-0.4, -0.2) is 46.2 Å². The first-order valence-corrected chi connectivity index (χ1v) is 7.19. The summed E-state index contributed by atoms with van der Waals surface area (Å²) in [6.45, 7) is 3.20. The molecular formula is C15H17N7O. The van der Waals surface area contributed by atoms with Crippen LogP contribution in [-0.2, 0) is 4.79 Å². The summed E-state index contributed by atoms with van der Waals surface area (Å²) >= 11 is 0. The Morgan fingerprint density at radius 3 is 2.96 bits per heavy atom. The molecule has 0 bridgehead atoms. The van der Waals surface area contributed by atoms with Crippen LogP contribution in [0.25, 0.3) is 11.3 Å². The van der Waals surface area contributed by atoms with Crippen LogP contribution in [0.5, 0.6) is 0 Å². The van der Waals surface area contributed by atoms with E-state index in [0.717, 1.165) is 5.56 Å². The summed E-state index contributed by atoms with van der Waals surface area (Å²) in [6, 6.07) is 1.78. The highest BCUT2D eigenvalue weighted by Crippen LogP contribution is 2.22. The van der Waals surface area contributed by atoms with Gasteiger partial charge in [0.25, 0.3) is 0 Å². The fourth-order valence-electron chi connectivity index (χ4n) is 2.40. The van der Waals surface area contributed by atoms with Crippen LogP contribution in [0, 0.1) is 5.41 Å². The lowest BCUT2D eigenvalue weighted by atomic mass is 10.1. The van der Waals surface area contributed by atoms with E-state index in [1.165, 1.54) is 0 Å². The van der Waals surface area contributed by atoms with Gasteiger partial charge in [0, 0.05) is 36.1 Å². The number of carbonyl (C=O) groups excluding carboxylic acids is 1. The Bertz CT molecular complexity index is 774. The Morgan fingerprint density at radius 1 is 1.39 bits per heavy atom. The number of nitrogens with zero attached hydrogens (tertiary/aromatic N) is 4. The fourth-order valence-corrected chi connectivity index (χ4v) is 2.40. The first-order chi connectivity index (χ1) is 11.0. The van der Waals surface area contributed by atoms with Crippen molar-refractivity contribution in [2.45, 2.75) is 6.92 Å². The number of anilines is 2. The molecule has 1 fully saturated rings. The van der Waals surface area contributed by atoms with Gasteiger partial charge in [-0.2, -0.15) is 0 Å². The second-order valence-corrected chi connectivity index (χ2v) is 5.32. The van der Waals surface area contributed by atoms with Crippen molar-refractivity contribution < 1.29 is 4.79 Å². The number of rotatable bonds is 3. The molecule has 0 spiro atoms. The zero-order valence-corrected chi connectivity index (χ0v) is 12.7. The monoisotopic (exact) mass is 311 g/mol. The summed E-state index contributed by atoms with van der Waals surface area (Å²) < 4.78 is 0. The number of hydrogen-bond acceptors (Lipinski definition) is 7. The number of nitrogens with one attached hydrogen (secondary N) is 2. The Kier molecular flexibility index (Phi) is 3.88. The van der Waals surface area contributed by atoms with Crippen LogP contribution < -0.4 is 16.0 Å². The molecule has 0 atom stereocenters. The highest BCUT2D eigenvalue weighted by molar-refractivity contribution is 6.01. The topological polar surface area (TPSA) is 121 Å². The van der Waals surface area contributed by atoms with Crippen molar-refractivity contribution in [3.8, 4) is 11.3 Å². The smallest absolute Gasteiger partial charge is 0.239 e. The Hall–Kier alpha value is -3.03. The van der Waals surface area contributed by atoms with Gasteiger partial charge in [0.15, 0.2) is 0 Å². The molecule has 118 valence electrons. The minimum absolute atomic E-state index is 0.0284. The van der Waals surface area contributed by atoms with Crippen molar-refractivity contribution in [3.63, 3.8) is 0 Å². The third-order valence-corrected chi connectivity index (χ3v) is 3.60. The summed E-state index contributed by atoms with van der Waals surface area (Å²) in [5.74, 6) is 0.930. The van der Waals surface area contributed by atoms with Crippen LogP contribution in [0.4, 0.5) is 11.6 Å². The third-order valence-electron chi connectivity index (χ3n) is 3.60. The average molecular weight is 311 g/mol. The van der Waals surface area contributed by atoms with Crippen molar-refractivity contribution in [1.29, 1.82) is 5.41 Å². The Balaban J connectivity index is 1.95. The van der Waals surface area contributed by atoms with Gasteiger partial charge < -0.3 is 21.4 Å². The Labute approximate surface area is 133 Å². The predicted molar refractivity (Wildman–Crippen MR) is 87.4 cm³/mol. The molecule has 8 nitrogen and oxygen atoms in total. The van der Waals surface area contributed by atoms with E-state index >= 15 is 0 Å². The summed E-state index contributed by atoms with van der Waals surface area (Å²) in [4.78, 5) is 26.3. The molecule has 0 saturated carbocycles. The molecule has 1 amide bonds. The first kappa shape index (κ1) is 14.9. The molecule has 3 rings (SSSR count). The normalized spacial score (nSPS) is 14.5. The van der Waals surface area contributed by atoms with E-state index in [1.807, 2.05) is 4.90 Å². The summed E-state index contributed by atoms with van der Waals surface area (Å²) in [5, 5.41) is 10.5. The predicted octanol–water partition coefficient (Wildman–Crippen LogP) is 0.445. The van der Waals surface area contributed by atoms with E-state index in [-0.39, 0.29) is 12.5 Å². The second kappa shape index (κ2) is 5.99. The molecule has 3 heterocycles. The molecule has 23 heavy (non-hydrogen) atoms. The van der Waals surface area contributed by atoms with Crippen LogP contribution >= 0.6 is 0 Å². The van der Waals surface area contributed by atoms with Gasteiger partial charge in [0.2, 0.25) is 5.91 Å². The molecular weight excluding hydrogens is 294 g/mol. The van der Waals surface area contributed by atoms with Crippen LogP contribution in [0.1, 0.15) is 12.5 Å². The highest BCUT2D eigenvalue weighted by Gasteiger charge is 2.18. The average Bonchev–Trinajstić information content (AvgIpc) is 2.55. The molecule has 4 N–H and O–H groups in total. The number of pyridine rings is 1. The molecule has 0 unspecified atom stereocenters. The van der Waals surface area contributed by atoms with Crippen LogP contribution in [0.2, 0.25) is 0 Å². The lowest BCUT2D eigenvalue weighted by Gasteiger charge is -2.27. The number of nitrogens with two attached hydrogens (primary N) is 1. The summed E-state index contributed by atoms with van der Waals surface area (Å²) in [6.07, 6.45) is 4.87. The quantitative estimate of drug-likeness (QED) is 0.707.